The molecular formula is C8H18PS+. The van der Waals surface area contributed by atoms with Gasteiger partial charge in [-0.2, -0.15) is 0 Å². The van der Waals surface area contributed by atoms with Gasteiger partial charge in [0.25, 0.3) is 0 Å². The van der Waals surface area contributed by atoms with Crippen LogP contribution in [0.25, 0.3) is 0 Å². The van der Waals surface area contributed by atoms with Crippen molar-refractivity contribution in [3.05, 3.63) is 0 Å². The maximum Gasteiger partial charge on any atom is 0.185 e. The van der Waals surface area contributed by atoms with E-state index in [9.17, 15) is 0 Å². The van der Waals surface area contributed by atoms with Crippen LogP contribution in [0, 0.1) is 0 Å². The van der Waals surface area contributed by atoms with Crippen LogP contribution in [0.3, 0.4) is 0 Å². The first-order valence-electron chi connectivity index (χ1n) is 3.63. The van der Waals surface area contributed by atoms with Gasteiger partial charge in [0.2, 0.25) is 0 Å². The molecule has 0 aromatic heterocycles. The van der Waals surface area contributed by atoms with Gasteiger partial charge in [0.15, 0.2) is 18.5 Å². The molecule has 0 fully saturated rings. The van der Waals surface area contributed by atoms with Gasteiger partial charge in [-0.15, -0.1) is 0 Å². The van der Waals surface area contributed by atoms with E-state index in [0.29, 0.717) is 10.3 Å². The van der Waals surface area contributed by atoms with Crippen LogP contribution >= 0.6 is 6.70 Å². The molecule has 0 aliphatic carbocycles. The lowest BCUT2D eigenvalue weighted by molar-refractivity contribution is 0.723. The normalized spacial score (nSPS) is 13.4. The molecule has 0 N–H and O–H groups in total. The van der Waals surface area contributed by atoms with Crippen LogP contribution in [0.2, 0.25) is 0 Å². The zero-order chi connectivity index (χ0) is 8.58. The molecule has 60 valence electrons. The summed E-state index contributed by atoms with van der Waals surface area (Å²) in [6.45, 7) is 13.1. The Morgan fingerprint density at radius 1 is 0.800 bits per heavy atom. The molecule has 10 heavy (non-hydrogen) atoms. The SMILES string of the molecule is CC(C)(C)[P+](=S)C(C)(C)C. The van der Waals surface area contributed by atoms with E-state index in [1.54, 1.807) is 0 Å². The number of hydrogen-bond donors (Lipinski definition) is 0. The summed E-state index contributed by atoms with van der Waals surface area (Å²) in [4.78, 5) is 0. The fourth-order valence-electron chi connectivity index (χ4n) is 1.01. The molecule has 0 spiro atoms. The fourth-order valence-corrected chi connectivity index (χ4v) is 3.02. The Morgan fingerprint density at radius 3 is 1.00 bits per heavy atom. The fraction of sp³-hybridized carbons (Fsp3) is 1.00. The van der Waals surface area contributed by atoms with E-state index in [1.165, 1.54) is 0 Å². The summed E-state index contributed by atoms with van der Waals surface area (Å²) in [5.74, 6) is 0. The maximum absolute atomic E-state index is 5.48. The molecule has 0 saturated carbocycles. The van der Waals surface area contributed by atoms with Crippen LogP contribution < -0.4 is 0 Å². The van der Waals surface area contributed by atoms with Crippen molar-refractivity contribution in [2.75, 3.05) is 0 Å². The van der Waals surface area contributed by atoms with Crippen LogP contribution in [0.15, 0.2) is 0 Å². The van der Waals surface area contributed by atoms with Crippen molar-refractivity contribution < 1.29 is 0 Å². The van der Waals surface area contributed by atoms with Crippen molar-refractivity contribution in [2.45, 2.75) is 51.9 Å². The average Bonchev–Trinajstić information content (AvgIpc) is 1.59. The predicted octanol–water partition coefficient (Wildman–Crippen LogP) is 3.53. The van der Waals surface area contributed by atoms with Crippen LogP contribution in [-0.2, 0) is 11.8 Å². The van der Waals surface area contributed by atoms with Crippen LogP contribution in [0.4, 0.5) is 0 Å². The van der Waals surface area contributed by atoms with Gasteiger partial charge < -0.3 is 0 Å². The Hall–Kier alpha value is 0.520. The van der Waals surface area contributed by atoms with Crippen LogP contribution in [-0.4, -0.2) is 10.3 Å². The summed E-state index contributed by atoms with van der Waals surface area (Å²) in [5.41, 5.74) is 0. The summed E-state index contributed by atoms with van der Waals surface area (Å²) < 4.78 is 0. The summed E-state index contributed by atoms with van der Waals surface area (Å²) in [5, 5.41) is 0.645. The van der Waals surface area contributed by atoms with E-state index < -0.39 is 0 Å². The lowest BCUT2D eigenvalue weighted by atomic mass is 10.2. The van der Waals surface area contributed by atoms with Crippen LogP contribution in [0.1, 0.15) is 41.5 Å². The Labute approximate surface area is 70.8 Å². The zero-order valence-corrected chi connectivity index (χ0v) is 9.57. The minimum Gasteiger partial charge on any atom is -0.0180 e. The van der Waals surface area contributed by atoms with Crippen molar-refractivity contribution >= 4 is 18.5 Å². The van der Waals surface area contributed by atoms with Gasteiger partial charge in [-0.1, -0.05) is 0 Å². The van der Waals surface area contributed by atoms with E-state index >= 15 is 0 Å². The van der Waals surface area contributed by atoms with Gasteiger partial charge in [0.1, 0.15) is 10.3 Å². The lowest BCUT2D eigenvalue weighted by Crippen LogP contribution is -2.19. The molecule has 0 unspecified atom stereocenters. The second kappa shape index (κ2) is 2.87. The van der Waals surface area contributed by atoms with Crippen LogP contribution in [0.5, 0.6) is 0 Å². The third-order valence-electron chi connectivity index (χ3n) is 1.22. The largest absolute Gasteiger partial charge is 0.185 e. The summed E-state index contributed by atoms with van der Waals surface area (Å²) in [6, 6.07) is 0. The highest BCUT2D eigenvalue weighted by Gasteiger charge is 2.39. The van der Waals surface area contributed by atoms with E-state index in [-0.39, 0.29) is 6.70 Å². The van der Waals surface area contributed by atoms with Gasteiger partial charge in [0, 0.05) is 0 Å². The van der Waals surface area contributed by atoms with Gasteiger partial charge in [-0.3, -0.25) is 0 Å². The third kappa shape index (κ3) is 3.07. The molecule has 0 saturated heterocycles. The van der Waals surface area contributed by atoms with Gasteiger partial charge in [-0.25, -0.2) is 0 Å². The molecule has 0 aliphatic heterocycles. The highest BCUT2D eigenvalue weighted by Crippen LogP contribution is 2.49. The first kappa shape index (κ1) is 10.5. The summed E-state index contributed by atoms with van der Waals surface area (Å²) >= 11 is 5.48. The molecule has 0 heterocycles. The van der Waals surface area contributed by atoms with E-state index in [2.05, 4.69) is 41.5 Å². The Balaban J connectivity index is 4.40. The maximum atomic E-state index is 5.48. The van der Waals surface area contributed by atoms with Crippen molar-refractivity contribution in [3.63, 3.8) is 0 Å². The molecule has 0 aromatic carbocycles. The Bertz CT molecular complexity index is 120. The molecule has 0 aliphatic rings. The molecule has 2 heteroatoms. The lowest BCUT2D eigenvalue weighted by Gasteiger charge is -2.18. The third-order valence-corrected chi connectivity index (χ3v) is 6.94. The first-order valence-corrected chi connectivity index (χ1v) is 5.98. The van der Waals surface area contributed by atoms with Crippen molar-refractivity contribution in [1.82, 2.24) is 0 Å². The molecule has 0 aromatic rings. The molecular weight excluding hydrogens is 159 g/mol. The Kier molecular flexibility index (Phi) is 3.02. The second-order valence-corrected chi connectivity index (χ2v) is 9.00. The van der Waals surface area contributed by atoms with Gasteiger partial charge >= 0.3 is 0 Å². The molecule has 0 amide bonds. The number of hydrogen-bond acceptors (Lipinski definition) is 1. The molecule has 0 rings (SSSR count). The zero-order valence-electron chi connectivity index (χ0n) is 7.86. The van der Waals surface area contributed by atoms with Gasteiger partial charge in [-0.05, 0) is 41.5 Å². The minimum atomic E-state index is -0.279. The monoisotopic (exact) mass is 177 g/mol. The molecule has 0 bridgehead atoms. The smallest absolute Gasteiger partial charge is 0.0180 e. The highest BCUT2D eigenvalue weighted by atomic mass is 32.4. The second-order valence-electron chi connectivity index (χ2n) is 4.64. The van der Waals surface area contributed by atoms with Crippen molar-refractivity contribution in [1.29, 1.82) is 0 Å². The average molecular weight is 177 g/mol. The Morgan fingerprint density at radius 2 is 1.00 bits per heavy atom. The summed E-state index contributed by atoms with van der Waals surface area (Å²) in [7, 11) is 0. The van der Waals surface area contributed by atoms with E-state index in [1.807, 2.05) is 0 Å². The van der Waals surface area contributed by atoms with E-state index in [0.717, 1.165) is 0 Å². The van der Waals surface area contributed by atoms with Crippen molar-refractivity contribution in [3.8, 4) is 0 Å². The number of rotatable bonds is 0. The first-order chi connectivity index (χ1) is 4.15. The quantitative estimate of drug-likeness (QED) is 0.510. The van der Waals surface area contributed by atoms with Gasteiger partial charge in [0.05, 0.1) is 0 Å². The highest BCUT2D eigenvalue weighted by molar-refractivity contribution is 8.06. The van der Waals surface area contributed by atoms with Crippen molar-refractivity contribution in [2.24, 2.45) is 0 Å². The summed E-state index contributed by atoms with van der Waals surface area (Å²) in [6.07, 6.45) is 0. The standard InChI is InChI=1S/C8H18PS/c1-7(2,3)9(10)8(4,5)6/h1-6H3/q+1. The van der Waals surface area contributed by atoms with E-state index in [4.69, 9.17) is 11.8 Å². The predicted molar refractivity (Wildman–Crippen MR) is 53.8 cm³/mol. The molecule has 0 radical (unpaired) electrons. The topological polar surface area (TPSA) is 0 Å². The minimum absolute atomic E-state index is 0.279. The molecule has 0 nitrogen and oxygen atoms in total. The molecule has 0 atom stereocenters.